The predicted molar refractivity (Wildman–Crippen MR) is 68.3 cm³/mol. The molecule has 1 aromatic heterocycles. The molecular formula is C12H14BrN3O. The maximum atomic E-state index is 4.70. The lowest BCUT2D eigenvalue weighted by Crippen LogP contribution is -2.20. The van der Waals surface area contributed by atoms with Crippen LogP contribution in [0, 0.1) is 0 Å². The average molecular weight is 296 g/mol. The highest BCUT2D eigenvalue weighted by Gasteiger charge is 2.10. The lowest BCUT2D eigenvalue weighted by atomic mass is 10.0. The Morgan fingerprint density at radius 3 is 3.00 bits per heavy atom. The molecule has 0 aliphatic rings. The Hall–Kier alpha value is -1.20. The van der Waals surface area contributed by atoms with Crippen LogP contribution in [0.15, 0.2) is 39.7 Å². The molecule has 0 radical (unpaired) electrons. The first-order valence-corrected chi connectivity index (χ1v) is 6.33. The van der Waals surface area contributed by atoms with Gasteiger partial charge in [0.05, 0.1) is 6.54 Å². The van der Waals surface area contributed by atoms with Crippen LogP contribution in [0.25, 0.3) is 0 Å². The molecule has 0 bridgehead atoms. The Morgan fingerprint density at radius 1 is 1.47 bits per heavy atom. The number of hydrogen-bond acceptors (Lipinski definition) is 4. The van der Waals surface area contributed by atoms with Gasteiger partial charge < -0.3 is 9.84 Å². The molecule has 4 nitrogen and oxygen atoms in total. The Balaban J connectivity index is 2.01. The van der Waals surface area contributed by atoms with Crippen molar-refractivity contribution in [1.29, 1.82) is 0 Å². The molecule has 0 aliphatic carbocycles. The summed E-state index contributed by atoms with van der Waals surface area (Å²) >= 11 is 3.48. The van der Waals surface area contributed by atoms with E-state index in [9.17, 15) is 0 Å². The maximum Gasteiger partial charge on any atom is 0.213 e. The second kappa shape index (κ2) is 5.93. The number of nitrogens with one attached hydrogen (secondary N) is 1. The van der Waals surface area contributed by atoms with Crippen molar-refractivity contribution >= 4 is 15.9 Å². The monoisotopic (exact) mass is 295 g/mol. The van der Waals surface area contributed by atoms with Crippen LogP contribution in [0.4, 0.5) is 0 Å². The van der Waals surface area contributed by atoms with Gasteiger partial charge in [0.1, 0.15) is 0 Å². The van der Waals surface area contributed by atoms with Gasteiger partial charge in [-0.05, 0) is 24.1 Å². The number of hydrogen-bond donors (Lipinski definition) is 1. The van der Waals surface area contributed by atoms with Crippen molar-refractivity contribution in [3.8, 4) is 0 Å². The summed E-state index contributed by atoms with van der Waals surface area (Å²) in [5.41, 5.74) is 1.25. The highest BCUT2D eigenvalue weighted by Crippen LogP contribution is 2.20. The van der Waals surface area contributed by atoms with E-state index in [1.807, 2.05) is 12.1 Å². The van der Waals surface area contributed by atoms with Gasteiger partial charge in [0.2, 0.25) is 6.39 Å². The van der Waals surface area contributed by atoms with E-state index < -0.39 is 0 Å². The SMILES string of the molecule is CCC(NCc1ncon1)c1cccc(Br)c1. The van der Waals surface area contributed by atoms with E-state index in [0.717, 1.165) is 10.9 Å². The van der Waals surface area contributed by atoms with Crippen LogP contribution in [0.1, 0.15) is 30.8 Å². The first-order chi connectivity index (χ1) is 8.29. The zero-order valence-corrected chi connectivity index (χ0v) is 11.1. The van der Waals surface area contributed by atoms with Gasteiger partial charge >= 0.3 is 0 Å². The normalized spacial score (nSPS) is 12.6. The fourth-order valence-electron chi connectivity index (χ4n) is 1.71. The molecule has 0 spiro atoms. The van der Waals surface area contributed by atoms with Crippen LogP contribution in [0.2, 0.25) is 0 Å². The van der Waals surface area contributed by atoms with Gasteiger partial charge in [-0.15, -0.1) is 0 Å². The molecule has 2 rings (SSSR count). The summed E-state index contributed by atoms with van der Waals surface area (Å²) in [5.74, 6) is 0.679. The van der Waals surface area contributed by atoms with Gasteiger partial charge in [0, 0.05) is 10.5 Å². The quantitative estimate of drug-likeness (QED) is 0.921. The summed E-state index contributed by atoms with van der Waals surface area (Å²) in [7, 11) is 0. The second-order valence-corrected chi connectivity index (χ2v) is 4.66. The molecule has 1 N–H and O–H groups in total. The zero-order chi connectivity index (χ0) is 12.1. The van der Waals surface area contributed by atoms with Crippen LogP contribution >= 0.6 is 15.9 Å². The molecule has 1 heterocycles. The highest BCUT2D eigenvalue weighted by atomic mass is 79.9. The van der Waals surface area contributed by atoms with Crippen molar-refractivity contribution in [2.24, 2.45) is 0 Å². The third kappa shape index (κ3) is 3.38. The van der Waals surface area contributed by atoms with Crippen LogP contribution in [-0.4, -0.2) is 10.1 Å². The number of halogens is 1. The molecule has 1 aromatic carbocycles. The number of rotatable bonds is 5. The Kier molecular flexibility index (Phi) is 4.28. The Morgan fingerprint density at radius 2 is 2.35 bits per heavy atom. The molecule has 90 valence electrons. The van der Waals surface area contributed by atoms with Crippen molar-refractivity contribution in [2.45, 2.75) is 25.9 Å². The van der Waals surface area contributed by atoms with Crippen LogP contribution in [-0.2, 0) is 6.54 Å². The molecule has 2 aromatic rings. The zero-order valence-electron chi connectivity index (χ0n) is 9.56. The van der Waals surface area contributed by atoms with Crippen LogP contribution in [0.3, 0.4) is 0 Å². The van der Waals surface area contributed by atoms with Gasteiger partial charge in [-0.3, -0.25) is 0 Å². The van der Waals surface area contributed by atoms with Crippen LogP contribution < -0.4 is 5.32 Å². The summed E-state index contributed by atoms with van der Waals surface area (Å²) < 4.78 is 5.79. The standard InChI is InChI=1S/C12H14BrN3O/c1-2-11(9-4-3-5-10(13)6-9)14-7-12-15-8-17-16-12/h3-6,8,11,14H,2,7H2,1H3. The molecule has 5 heteroatoms. The van der Waals surface area contributed by atoms with Crippen LogP contribution in [0.5, 0.6) is 0 Å². The molecule has 1 atom stereocenters. The fourth-order valence-corrected chi connectivity index (χ4v) is 2.12. The summed E-state index contributed by atoms with van der Waals surface area (Å²) in [4.78, 5) is 3.98. The third-order valence-corrected chi connectivity index (χ3v) is 3.07. The van der Waals surface area contributed by atoms with E-state index >= 15 is 0 Å². The highest BCUT2D eigenvalue weighted by molar-refractivity contribution is 9.10. The number of nitrogens with zero attached hydrogens (tertiary/aromatic N) is 2. The lowest BCUT2D eigenvalue weighted by Gasteiger charge is -2.16. The average Bonchev–Trinajstić information content (AvgIpc) is 2.83. The predicted octanol–water partition coefficient (Wildman–Crippen LogP) is 3.07. The van der Waals surface area contributed by atoms with E-state index in [1.165, 1.54) is 12.0 Å². The second-order valence-electron chi connectivity index (χ2n) is 3.74. The van der Waals surface area contributed by atoms with E-state index in [4.69, 9.17) is 4.52 Å². The van der Waals surface area contributed by atoms with E-state index in [2.05, 4.69) is 50.4 Å². The smallest absolute Gasteiger partial charge is 0.213 e. The summed E-state index contributed by atoms with van der Waals surface area (Å²) in [6.45, 7) is 2.76. The van der Waals surface area contributed by atoms with Gasteiger partial charge in [-0.1, -0.05) is 40.1 Å². The third-order valence-electron chi connectivity index (χ3n) is 2.57. The molecule has 1 unspecified atom stereocenters. The van der Waals surface area contributed by atoms with Crippen molar-refractivity contribution in [3.63, 3.8) is 0 Å². The molecule has 0 aliphatic heterocycles. The number of benzene rings is 1. The topological polar surface area (TPSA) is 51.0 Å². The Bertz CT molecular complexity index is 459. The van der Waals surface area contributed by atoms with Gasteiger partial charge in [-0.2, -0.15) is 4.98 Å². The lowest BCUT2D eigenvalue weighted by molar-refractivity contribution is 0.403. The van der Waals surface area contributed by atoms with Gasteiger partial charge in [0.15, 0.2) is 5.82 Å². The van der Waals surface area contributed by atoms with E-state index in [-0.39, 0.29) is 0 Å². The van der Waals surface area contributed by atoms with Crippen molar-refractivity contribution in [2.75, 3.05) is 0 Å². The molecule has 0 fully saturated rings. The van der Waals surface area contributed by atoms with E-state index in [0.29, 0.717) is 18.4 Å². The first-order valence-electron chi connectivity index (χ1n) is 5.53. The van der Waals surface area contributed by atoms with E-state index in [1.54, 1.807) is 0 Å². The van der Waals surface area contributed by atoms with Gasteiger partial charge in [-0.25, -0.2) is 0 Å². The van der Waals surface area contributed by atoms with Crippen molar-refractivity contribution in [1.82, 2.24) is 15.5 Å². The van der Waals surface area contributed by atoms with Gasteiger partial charge in [0.25, 0.3) is 0 Å². The van der Waals surface area contributed by atoms with Crippen molar-refractivity contribution < 1.29 is 4.52 Å². The molecule has 0 saturated heterocycles. The molecule has 17 heavy (non-hydrogen) atoms. The first kappa shape index (κ1) is 12.3. The Labute approximate surface area is 109 Å². The minimum Gasteiger partial charge on any atom is -0.343 e. The summed E-state index contributed by atoms with van der Waals surface area (Å²) in [5, 5.41) is 7.19. The fraction of sp³-hybridized carbons (Fsp3) is 0.333. The minimum atomic E-state index is 0.297. The summed E-state index contributed by atoms with van der Waals surface area (Å²) in [6.07, 6.45) is 2.35. The largest absolute Gasteiger partial charge is 0.343 e. The minimum absolute atomic E-state index is 0.297. The van der Waals surface area contributed by atoms with Crippen molar-refractivity contribution in [3.05, 3.63) is 46.5 Å². The molecule has 0 saturated carbocycles. The maximum absolute atomic E-state index is 4.70. The molecule has 0 amide bonds. The number of aromatic nitrogens is 2. The summed E-state index contributed by atoms with van der Waals surface area (Å²) in [6, 6.07) is 8.60. The molecular weight excluding hydrogens is 282 g/mol.